The summed E-state index contributed by atoms with van der Waals surface area (Å²) < 4.78 is 43.4. The molecule has 0 aliphatic rings. The van der Waals surface area contributed by atoms with Gasteiger partial charge >= 0.3 is 29.1 Å². The van der Waals surface area contributed by atoms with Gasteiger partial charge in [-0.15, -0.1) is 0 Å². The number of carboxylic acid groups (broad SMARTS) is 1. The van der Waals surface area contributed by atoms with Gasteiger partial charge in [0.1, 0.15) is 21.7 Å². The van der Waals surface area contributed by atoms with Crippen molar-refractivity contribution in [2.75, 3.05) is 42.7 Å². The molecule has 0 aliphatic carbocycles. The highest BCUT2D eigenvalue weighted by Crippen LogP contribution is 2.61. The zero-order valence-corrected chi connectivity index (χ0v) is 51.7. The minimum atomic E-state index is -3.22. The van der Waals surface area contributed by atoms with Gasteiger partial charge in [0.15, 0.2) is 0 Å². The van der Waals surface area contributed by atoms with Crippen molar-refractivity contribution >= 4 is 176 Å². The number of halogens is 7. The molecule has 0 aliphatic heterocycles. The van der Waals surface area contributed by atoms with E-state index in [-0.39, 0.29) is 22.2 Å². The van der Waals surface area contributed by atoms with E-state index < -0.39 is 38.3 Å². The number of aromatic amines is 2. The number of carbonyl (C=O) groups is 4. The molecule has 25 nitrogen and oxygen atoms in total. The van der Waals surface area contributed by atoms with E-state index in [1.807, 2.05) is 12.1 Å². The Morgan fingerprint density at radius 1 is 0.512 bits per heavy atom. The van der Waals surface area contributed by atoms with Crippen LogP contribution in [0.3, 0.4) is 0 Å². The summed E-state index contributed by atoms with van der Waals surface area (Å²) in [6, 6.07) is 24.0. The number of H-pyrrole nitrogens is 2. The van der Waals surface area contributed by atoms with Crippen molar-refractivity contribution in [2.45, 2.75) is 0 Å². The van der Waals surface area contributed by atoms with Gasteiger partial charge in [-0.2, -0.15) is 0 Å². The molecule has 84 heavy (non-hydrogen) atoms. The lowest BCUT2D eigenvalue weighted by atomic mass is 10.2. The number of aliphatic hydroxyl groups excluding tert-OH is 1. The second-order valence-electron chi connectivity index (χ2n) is 14.7. The van der Waals surface area contributed by atoms with Crippen LogP contribution in [-0.4, -0.2) is 131 Å². The van der Waals surface area contributed by atoms with Gasteiger partial charge in [0, 0.05) is 88.2 Å². The van der Waals surface area contributed by atoms with Gasteiger partial charge in [-0.25, -0.2) is 38.3 Å². The molecule has 0 aromatic carbocycles. The lowest BCUT2D eigenvalue weighted by Crippen LogP contribution is -2.09. The van der Waals surface area contributed by atoms with Crippen LogP contribution in [0.25, 0.3) is 55.2 Å². The normalized spacial score (nSPS) is 10.1. The maximum absolute atomic E-state index is 11.5. The first kappa shape index (κ1) is 70.7. The van der Waals surface area contributed by atoms with Crippen LogP contribution in [0.15, 0.2) is 136 Å². The second-order valence-corrected chi connectivity index (χ2v) is 25.1. The van der Waals surface area contributed by atoms with Crippen molar-refractivity contribution in [3.8, 4) is 11.8 Å². The van der Waals surface area contributed by atoms with E-state index in [9.17, 15) is 33.3 Å². The first-order valence-electron chi connectivity index (χ1n) is 22.4. The zero-order chi connectivity index (χ0) is 62.7. The van der Waals surface area contributed by atoms with E-state index in [1.165, 1.54) is 77.4 Å². The third kappa shape index (κ3) is 22.5. The fraction of sp³-hybridized carbons (Fsp3) is 0.120. The summed E-state index contributed by atoms with van der Waals surface area (Å²) in [5.41, 5.74) is 6.01. The molecule has 442 valence electrons. The highest BCUT2D eigenvalue weighted by molar-refractivity contribution is 9.10. The van der Waals surface area contributed by atoms with Crippen molar-refractivity contribution < 1.29 is 61.8 Å². The number of pyridine rings is 10. The molecule has 0 unspecified atom stereocenters. The number of methoxy groups -OCH3 is 5. The molecule has 0 bridgehead atoms. The molecule has 10 rings (SSSR count). The molecule has 0 spiro atoms. The molecule has 0 saturated carbocycles. The number of aliphatic hydroxyl groups is 1. The van der Waals surface area contributed by atoms with Crippen molar-refractivity contribution in [2.24, 2.45) is 0 Å². The number of carbonyl (C=O) groups excluding carboxylic acids is 3. The summed E-state index contributed by atoms with van der Waals surface area (Å²) in [6.07, 6.45) is 7.70. The largest absolute Gasteiger partial charge is 0.481 e. The number of carboxylic acids is 1. The minimum absolute atomic E-state index is 0.0488. The first-order valence-corrected chi connectivity index (χ1v) is 30.8. The lowest BCUT2D eigenvalue weighted by molar-refractivity contribution is 0.0593. The van der Waals surface area contributed by atoms with E-state index in [1.54, 1.807) is 68.0 Å². The Morgan fingerprint density at radius 3 is 1.25 bits per heavy atom. The van der Waals surface area contributed by atoms with Crippen molar-refractivity contribution in [3.63, 3.8) is 0 Å². The van der Waals surface area contributed by atoms with Gasteiger partial charge in [-0.05, 0) is 116 Å². The number of esters is 3. The number of nitrogens with one attached hydrogen (secondary N) is 2. The molecular formula is C50H42BrCl6N10O15PS. The highest BCUT2D eigenvalue weighted by Gasteiger charge is 2.15. The van der Waals surface area contributed by atoms with Gasteiger partial charge in [-0.3, -0.25) is 39.1 Å². The number of aromatic carboxylic acids is 1. The fourth-order valence-electron chi connectivity index (χ4n) is 6.33. The summed E-state index contributed by atoms with van der Waals surface area (Å²) in [7, 11) is 15.4. The predicted molar refractivity (Wildman–Crippen MR) is 323 cm³/mol. The second kappa shape index (κ2) is 35.5. The number of fused-ring (bicyclic) bond motifs is 5. The van der Waals surface area contributed by atoms with E-state index in [4.69, 9.17) is 35.5 Å². The van der Waals surface area contributed by atoms with E-state index in [2.05, 4.69) is 135 Å². The average molecular weight is 1380 g/mol. The van der Waals surface area contributed by atoms with Crippen LogP contribution in [-0.2, 0) is 28.0 Å². The fourth-order valence-corrected chi connectivity index (χ4v) is 6.89. The van der Waals surface area contributed by atoms with Crippen LogP contribution in [0.4, 0.5) is 0 Å². The monoisotopic (exact) mass is 1370 g/mol. The number of ether oxygens (including phenoxy) is 5. The molecule has 10 aromatic rings. The van der Waals surface area contributed by atoms with Gasteiger partial charge in [-0.1, -0.05) is 11.6 Å². The lowest BCUT2D eigenvalue weighted by Gasteiger charge is -2.04. The number of hydrogen-bond donors (Lipinski definition) is 4. The summed E-state index contributed by atoms with van der Waals surface area (Å²) >= 11 is 23.0. The summed E-state index contributed by atoms with van der Waals surface area (Å²) in [5.74, 6) is -1.43. The SMILES string of the molecule is CO.COC(=O)c1ccnc2ccc(=O)[nH]c12.COC(=O)c1ccnc2ccc(Cl)nc12.COC(=O)c1ccnc2ccc(OC)nc12.COc1ccc2nccc(Br)c2n1.O=C(O)c1ccnc2ccc(=O)[nH]c12.O=P(Cl)(Cl)Cl.O=S(Cl)Cl. The van der Waals surface area contributed by atoms with Crippen molar-refractivity contribution in [3.05, 3.63) is 175 Å². The Hall–Kier alpha value is -7.56. The first-order chi connectivity index (χ1) is 39.9. The maximum Gasteiger partial charge on any atom is 0.340 e. The van der Waals surface area contributed by atoms with Crippen LogP contribution in [0, 0.1) is 0 Å². The Bertz CT molecular complexity index is 4110. The minimum Gasteiger partial charge on any atom is -0.481 e. The number of rotatable bonds is 6. The standard InChI is InChI=1S/C11H10N2O3.C10H7ClN2O2.C10H8N2O3.C9H7BrN2O.C9H6N2O3.CH4O.Cl3OP.Cl2OS/c1-15-9-4-3-8-10(13-9)7(5-6-12-8)11(14)16-2;1-15-10(14)6-4-5-12-7-2-3-8(11)13-9(6)7;1-15-10(14)6-4-5-11-7-2-3-8(13)12-9(6)7;1-13-8-3-2-7-9(12-8)6(10)4-5-11-7;12-7-2-1-6-8(11-7)5(9(13)14)3-4-10-6;1-2;1-5(2,3)4;1-4(2)3/h3-6H,1-2H3;2-5H,1H3;2-5H,1H3,(H,12,13);2-5H,1H3;1-4H,(H,11,12)(H,13,14);2H,1H3;;. The molecule has 10 heterocycles. The topological polar surface area (TPSA) is 358 Å². The number of aromatic nitrogens is 10. The number of nitrogens with zero attached hydrogens (tertiary/aromatic N) is 8. The van der Waals surface area contributed by atoms with Crippen LogP contribution in [0.5, 0.6) is 11.8 Å². The van der Waals surface area contributed by atoms with Crippen LogP contribution >= 0.6 is 87.8 Å². The molecule has 0 atom stereocenters. The maximum atomic E-state index is 11.5. The summed E-state index contributed by atoms with van der Waals surface area (Å²) in [5, 5.41) is 12.9. The molecule has 10 aromatic heterocycles. The molecule has 0 radical (unpaired) electrons. The molecule has 0 fully saturated rings. The third-order valence-electron chi connectivity index (χ3n) is 9.72. The van der Waals surface area contributed by atoms with E-state index in [0.29, 0.717) is 72.2 Å². The van der Waals surface area contributed by atoms with Gasteiger partial charge in [0.25, 0.3) is 0 Å². The Balaban J connectivity index is 0.000000263. The quantitative estimate of drug-likeness (QED) is 0.0395. The Labute approximate surface area is 513 Å². The van der Waals surface area contributed by atoms with Gasteiger partial charge in [0.2, 0.25) is 32.1 Å². The average Bonchev–Trinajstić information content (AvgIpc) is 3.68. The summed E-state index contributed by atoms with van der Waals surface area (Å²) in [4.78, 5) is 105. The predicted octanol–water partition coefficient (Wildman–Crippen LogP) is 10.7. The van der Waals surface area contributed by atoms with Crippen LogP contribution in [0.1, 0.15) is 41.4 Å². The van der Waals surface area contributed by atoms with Crippen molar-refractivity contribution in [1.29, 1.82) is 0 Å². The third-order valence-corrected chi connectivity index (χ3v) is 10.6. The van der Waals surface area contributed by atoms with Crippen LogP contribution < -0.4 is 20.6 Å². The summed E-state index contributed by atoms with van der Waals surface area (Å²) in [6.45, 7) is 0. The molecule has 4 N–H and O–H groups in total. The molecular weight excluding hydrogens is 1340 g/mol. The smallest absolute Gasteiger partial charge is 0.340 e. The van der Waals surface area contributed by atoms with Crippen LogP contribution in [0.2, 0.25) is 5.15 Å². The number of hydrogen-bond acceptors (Lipinski definition) is 22. The zero-order valence-electron chi connectivity index (χ0n) is 43.8. The molecule has 0 saturated heterocycles. The molecule has 0 amide bonds. The Kier molecular flexibility index (Phi) is 29.9. The van der Waals surface area contributed by atoms with Gasteiger partial charge in [0.05, 0.1) is 96.4 Å². The molecule has 34 heteroatoms. The van der Waals surface area contributed by atoms with Gasteiger partial charge < -0.3 is 43.9 Å². The van der Waals surface area contributed by atoms with E-state index >= 15 is 0 Å². The highest BCUT2D eigenvalue weighted by atomic mass is 79.9. The van der Waals surface area contributed by atoms with E-state index in [0.717, 1.165) is 22.6 Å². The Morgan fingerprint density at radius 2 is 0.833 bits per heavy atom. The van der Waals surface area contributed by atoms with Crippen molar-refractivity contribution in [1.82, 2.24) is 49.8 Å².